The summed E-state index contributed by atoms with van der Waals surface area (Å²) in [5.41, 5.74) is 0.504. The van der Waals surface area contributed by atoms with Gasteiger partial charge in [-0.25, -0.2) is 9.37 Å². The Balaban J connectivity index is 2.64. The zero-order chi connectivity index (χ0) is 10.8. The number of halogens is 3. The molecule has 76 valence electrons. The maximum Gasteiger partial charge on any atom is 0.220 e. The molecule has 0 fully saturated rings. The second-order valence-corrected chi connectivity index (χ2v) is 3.38. The molecule has 0 atom stereocenters. The lowest BCUT2D eigenvalue weighted by Gasteiger charge is -2.04. The molecule has 0 aliphatic heterocycles. The van der Waals surface area contributed by atoms with Crippen LogP contribution in [0.4, 0.5) is 8.78 Å². The van der Waals surface area contributed by atoms with Crippen molar-refractivity contribution in [1.82, 2.24) is 4.98 Å². The number of rotatable bonds is 1. The largest absolute Gasteiger partial charge is 0.225 e. The molecular formula is C11H6ClF2N. The van der Waals surface area contributed by atoms with Gasteiger partial charge in [-0.1, -0.05) is 29.8 Å². The number of nitrogens with zero attached hydrogens (tertiary/aromatic N) is 1. The SMILES string of the molecule is Fc1cnc(F)c(-c2ccccc2Cl)c1. The van der Waals surface area contributed by atoms with Gasteiger partial charge in [-0.3, -0.25) is 0 Å². The first-order valence-electron chi connectivity index (χ1n) is 4.24. The Morgan fingerprint density at radius 1 is 1.07 bits per heavy atom. The Morgan fingerprint density at radius 2 is 1.80 bits per heavy atom. The minimum Gasteiger partial charge on any atom is -0.225 e. The molecule has 2 rings (SSSR count). The monoisotopic (exact) mass is 225 g/mol. The molecule has 2 aromatic rings. The van der Waals surface area contributed by atoms with Gasteiger partial charge in [-0.05, 0) is 12.1 Å². The molecule has 0 amide bonds. The van der Waals surface area contributed by atoms with E-state index in [9.17, 15) is 8.78 Å². The van der Waals surface area contributed by atoms with Crippen molar-refractivity contribution in [1.29, 1.82) is 0 Å². The van der Waals surface area contributed by atoms with Crippen LogP contribution in [0, 0.1) is 11.8 Å². The summed E-state index contributed by atoms with van der Waals surface area (Å²) in [5.74, 6) is -1.32. The molecule has 0 aliphatic rings. The lowest BCUT2D eigenvalue weighted by molar-refractivity contribution is 0.563. The van der Waals surface area contributed by atoms with E-state index < -0.39 is 11.8 Å². The molecule has 0 unspecified atom stereocenters. The maximum absolute atomic E-state index is 13.3. The first-order chi connectivity index (χ1) is 7.18. The summed E-state index contributed by atoms with van der Waals surface area (Å²) in [6.45, 7) is 0. The first kappa shape index (κ1) is 10.1. The van der Waals surface area contributed by atoms with Crippen LogP contribution < -0.4 is 0 Å². The third kappa shape index (κ3) is 1.97. The third-order valence-corrected chi connectivity index (χ3v) is 2.30. The summed E-state index contributed by atoms with van der Waals surface area (Å²) in [6, 6.07) is 7.72. The van der Waals surface area contributed by atoms with Gasteiger partial charge in [0.15, 0.2) is 0 Å². The van der Waals surface area contributed by atoms with Crippen molar-refractivity contribution in [3.05, 3.63) is 53.3 Å². The van der Waals surface area contributed by atoms with Gasteiger partial charge >= 0.3 is 0 Å². The summed E-state index contributed by atoms with van der Waals surface area (Å²) < 4.78 is 26.2. The summed E-state index contributed by atoms with van der Waals surface area (Å²) in [7, 11) is 0. The van der Waals surface area contributed by atoms with Crippen LogP contribution in [-0.4, -0.2) is 4.98 Å². The fourth-order valence-corrected chi connectivity index (χ4v) is 1.53. The zero-order valence-corrected chi connectivity index (χ0v) is 8.30. The zero-order valence-electron chi connectivity index (χ0n) is 7.55. The van der Waals surface area contributed by atoms with Crippen LogP contribution in [0.1, 0.15) is 0 Å². The highest BCUT2D eigenvalue weighted by molar-refractivity contribution is 6.33. The van der Waals surface area contributed by atoms with Crippen LogP contribution in [0.3, 0.4) is 0 Å². The van der Waals surface area contributed by atoms with Crippen LogP contribution in [0.5, 0.6) is 0 Å². The second kappa shape index (κ2) is 3.95. The highest BCUT2D eigenvalue weighted by Crippen LogP contribution is 2.28. The summed E-state index contributed by atoms with van der Waals surface area (Å²) in [5, 5.41) is 0.365. The van der Waals surface area contributed by atoms with Crippen molar-refractivity contribution in [3.63, 3.8) is 0 Å². The minimum absolute atomic E-state index is 0.0700. The quantitative estimate of drug-likeness (QED) is 0.675. The highest BCUT2D eigenvalue weighted by atomic mass is 35.5. The maximum atomic E-state index is 13.3. The Labute approximate surface area is 90.3 Å². The molecule has 1 aromatic heterocycles. The molecule has 1 heterocycles. The lowest BCUT2D eigenvalue weighted by Crippen LogP contribution is -1.91. The predicted octanol–water partition coefficient (Wildman–Crippen LogP) is 3.68. The Morgan fingerprint density at radius 3 is 2.53 bits per heavy atom. The topological polar surface area (TPSA) is 12.9 Å². The molecule has 0 saturated carbocycles. The normalized spacial score (nSPS) is 10.3. The van der Waals surface area contributed by atoms with E-state index in [0.29, 0.717) is 10.6 Å². The molecule has 4 heteroatoms. The van der Waals surface area contributed by atoms with Crippen molar-refractivity contribution in [2.75, 3.05) is 0 Å². The van der Waals surface area contributed by atoms with E-state index >= 15 is 0 Å². The first-order valence-corrected chi connectivity index (χ1v) is 4.62. The molecule has 0 radical (unpaired) electrons. The molecule has 0 aliphatic carbocycles. The molecular weight excluding hydrogens is 220 g/mol. The lowest BCUT2D eigenvalue weighted by atomic mass is 10.1. The molecule has 0 N–H and O–H groups in total. The second-order valence-electron chi connectivity index (χ2n) is 2.97. The van der Waals surface area contributed by atoms with Crippen molar-refractivity contribution >= 4 is 11.6 Å². The molecule has 0 spiro atoms. The van der Waals surface area contributed by atoms with Crippen LogP contribution in [0.2, 0.25) is 5.02 Å². The number of hydrogen-bond acceptors (Lipinski definition) is 1. The summed E-state index contributed by atoms with van der Waals surface area (Å²) in [4.78, 5) is 3.30. The number of hydrogen-bond donors (Lipinski definition) is 0. The Kier molecular flexibility index (Phi) is 2.64. The van der Waals surface area contributed by atoms with E-state index in [-0.39, 0.29) is 5.56 Å². The van der Waals surface area contributed by atoms with E-state index in [1.165, 1.54) is 0 Å². The van der Waals surface area contributed by atoms with Crippen molar-refractivity contribution in [2.45, 2.75) is 0 Å². The van der Waals surface area contributed by atoms with E-state index in [0.717, 1.165) is 12.3 Å². The molecule has 15 heavy (non-hydrogen) atoms. The highest BCUT2D eigenvalue weighted by Gasteiger charge is 2.10. The Hall–Kier alpha value is -1.48. The van der Waals surface area contributed by atoms with Crippen LogP contribution in [0.25, 0.3) is 11.1 Å². The van der Waals surface area contributed by atoms with Gasteiger partial charge in [0.2, 0.25) is 5.95 Å². The smallest absolute Gasteiger partial charge is 0.220 e. The summed E-state index contributed by atoms with van der Waals surface area (Å²) >= 11 is 5.87. The minimum atomic E-state index is -0.732. The van der Waals surface area contributed by atoms with Gasteiger partial charge in [0, 0.05) is 16.1 Å². The van der Waals surface area contributed by atoms with E-state index in [1.54, 1.807) is 24.3 Å². The van der Waals surface area contributed by atoms with Gasteiger partial charge in [0.25, 0.3) is 0 Å². The third-order valence-electron chi connectivity index (χ3n) is 1.97. The van der Waals surface area contributed by atoms with Crippen molar-refractivity contribution in [3.8, 4) is 11.1 Å². The van der Waals surface area contributed by atoms with Gasteiger partial charge in [0.1, 0.15) is 5.82 Å². The average Bonchev–Trinajstić information content (AvgIpc) is 2.23. The molecule has 1 aromatic carbocycles. The number of aromatic nitrogens is 1. The molecule has 1 nitrogen and oxygen atoms in total. The Bertz CT molecular complexity index is 500. The van der Waals surface area contributed by atoms with Gasteiger partial charge in [0.05, 0.1) is 6.20 Å². The fraction of sp³-hybridized carbons (Fsp3) is 0. The summed E-state index contributed by atoms with van der Waals surface area (Å²) in [6.07, 6.45) is 0.829. The van der Waals surface area contributed by atoms with Crippen LogP contribution in [0.15, 0.2) is 36.5 Å². The van der Waals surface area contributed by atoms with Crippen LogP contribution >= 0.6 is 11.6 Å². The fourth-order valence-electron chi connectivity index (χ4n) is 1.29. The standard InChI is InChI=1S/C11H6ClF2N/c12-10-4-2-1-3-8(10)9-5-7(13)6-15-11(9)14/h1-6H. The van der Waals surface area contributed by atoms with Gasteiger partial charge < -0.3 is 0 Å². The predicted molar refractivity (Wildman–Crippen MR) is 54.6 cm³/mol. The van der Waals surface area contributed by atoms with Gasteiger partial charge in [-0.2, -0.15) is 4.39 Å². The van der Waals surface area contributed by atoms with Crippen LogP contribution in [-0.2, 0) is 0 Å². The van der Waals surface area contributed by atoms with Crippen molar-refractivity contribution < 1.29 is 8.78 Å². The number of benzene rings is 1. The molecule has 0 bridgehead atoms. The van der Waals surface area contributed by atoms with E-state index in [4.69, 9.17) is 11.6 Å². The van der Waals surface area contributed by atoms with E-state index in [2.05, 4.69) is 4.98 Å². The van der Waals surface area contributed by atoms with Gasteiger partial charge in [-0.15, -0.1) is 0 Å². The average molecular weight is 226 g/mol. The van der Waals surface area contributed by atoms with E-state index in [1.807, 2.05) is 0 Å². The van der Waals surface area contributed by atoms with Crippen molar-refractivity contribution in [2.24, 2.45) is 0 Å². The number of pyridine rings is 1. The molecule has 0 saturated heterocycles.